The first kappa shape index (κ1) is 14.6. The lowest BCUT2D eigenvalue weighted by Gasteiger charge is -2.09. The fourth-order valence-electron chi connectivity index (χ4n) is 1.80. The molecule has 0 aliphatic rings. The molecule has 0 aliphatic carbocycles. The minimum absolute atomic E-state index is 0.0691. The Kier molecular flexibility index (Phi) is 5.08. The van der Waals surface area contributed by atoms with E-state index in [1.54, 1.807) is 11.8 Å². The van der Waals surface area contributed by atoms with Gasteiger partial charge in [0.05, 0.1) is 6.61 Å². The zero-order chi connectivity index (χ0) is 13.8. The molecule has 0 bridgehead atoms. The van der Waals surface area contributed by atoms with Gasteiger partial charge in [-0.1, -0.05) is 59.7 Å². The Morgan fingerprint density at radius 2 is 1.79 bits per heavy atom. The van der Waals surface area contributed by atoms with Crippen molar-refractivity contribution in [2.45, 2.75) is 36.2 Å². The molecule has 0 fully saturated rings. The van der Waals surface area contributed by atoms with Crippen LogP contribution in [0.25, 0.3) is 0 Å². The molecule has 2 aromatic rings. The van der Waals surface area contributed by atoms with Crippen molar-refractivity contribution in [1.82, 2.24) is 0 Å². The smallest absolute Gasteiger partial charge is 0.0692 e. The third-order valence-electron chi connectivity index (χ3n) is 2.97. The maximum atomic E-state index is 9.38. The molecule has 0 unspecified atom stereocenters. The maximum absolute atomic E-state index is 9.38. The minimum Gasteiger partial charge on any atom is -0.392 e. The minimum atomic E-state index is 0.0691. The fraction of sp³-hybridized carbons (Fsp3) is 0.250. The van der Waals surface area contributed by atoms with Crippen molar-refractivity contribution in [3.8, 4) is 0 Å². The predicted octanol–water partition coefficient (Wildman–Crippen LogP) is 5.22. The Balaban J connectivity index is 2.23. The molecule has 1 nitrogen and oxygen atoms in total. The Hall–Kier alpha value is -0.770. The van der Waals surface area contributed by atoms with E-state index >= 15 is 0 Å². The van der Waals surface area contributed by atoms with Crippen LogP contribution in [0.5, 0.6) is 0 Å². The average molecular weight is 337 g/mol. The van der Waals surface area contributed by atoms with Crippen LogP contribution in [0.4, 0.5) is 0 Å². The Labute approximate surface area is 127 Å². The number of halogens is 1. The van der Waals surface area contributed by atoms with Gasteiger partial charge in [0.25, 0.3) is 0 Å². The largest absolute Gasteiger partial charge is 0.392 e. The lowest BCUT2D eigenvalue weighted by molar-refractivity contribution is 0.279. The average Bonchev–Trinajstić information content (AvgIpc) is 2.39. The summed E-state index contributed by atoms with van der Waals surface area (Å²) >= 11 is 5.16. The van der Waals surface area contributed by atoms with E-state index in [0.29, 0.717) is 5.92 Å². The van der Waals surface area contributed by atoms with Gasteiger partial charge >= 0.3 is 0 Å². The quantitative estimate of drug-likeness (QED) is 0.826. The normalized spacial score (nSPS) is 11.0. The Morgan fingerprint density at radius 1 is 1.11 bits per heavy atom. The molecule has 0 radical (unpaired) electrons. The van der Waals surface area contributed by atoms with Crippen LogP contribution in [-0.4, -0.2) is 5.11 Å². The Bertz CT molecular complexity index is 549. The highest BCUT2D eigenvalue weighted by molar-refractivity contribution is 9.10. The molecule has 3 heteroatoms. The van der Waals surface area contributed by atoms with Crippen LogP contribution in [0, 0.1) is 0 Å². The molecule has 1 N–H and O–H groups in total. The third-order valence-corrected chi connectivity index (χ3v) is 4.58. The fourth-order valence-corrected chi connectivity index (χ4v) is 3.29. The SMILES string of the molecule is CC(C)c1ccc(Sc2cc(Br)ccc2CO)cc1. The van der Waals surface area contributed by atoms with Crippen molar-refractivity contribution in [2.24, 2.45) is 0 Å². The molecule has 100 valence electrons. The zero-order valence-corrected chi connectivity index (χ0v) is 13.5. The second-order valence-corrected chi connectivity index (χ2v) is 6.77. The highest BCUT2D eigenvalue weighted by Gasteiger charge is 2.05. The number of hydrogen-bond donors (Lipinski definition) is 1. The van der Waals surface area contributed by atoms with Crippen molar-refractivity contribution < 1.29 is 5.11 Å². The third kappa shape index (κ3) is 3.85. The molecule has 0 saturated carbocycles. The molecule has 0 aliphatic heterocycles. The van der Waals surface area contributed by atoms with Crippen LogP contribution in [0.15, 0.2) is 56.7 Å². The second kappa shape index (κ2) is 6.60. The first-order chi connectivity index (χ1) is 9.10. The summed E-state index contributed by atoms with van der Waals surface area (Å²) in [5.41, 5.74) is 2.31. The van der Waals surface area contributed by atoms with Crippen molar-refractivity contribution in [3.05, 3.63) is 58.1 Å². The standard InChI is InChI=1S/C16H17BrOS/c1-11(2)12-4-7-15(8-5-12)19-16-9-14(17)6-3-13(16)10-18/h3-9,11,18H,10H2,1-2H3. The first-order valence-corrected chi connectivity index (χ1v) is 7.88. The number of benzene rings is 2. The van der Waals surface area contributed by atoms with E-state index in [9.17, 15) is 5.11 Å². The van der Waals surface area contributed by atoms with E-state index in [0.717, 1.165) is 14.9 Å². The van der Waals surface area contributed by atoms with Crippen LogP contribution < -0.4 is 0 Å². The number of aliphatic hydroxyl groups excluding tert-OH is 1. The molecule has 0 saturated heterocycles. The lowest BCUT2D eigenvalue weighted by Crippen LogP contribution is -1.88. The molecule has 0 spiro atoms. The summed E-state index contributed by atoms with van der Waals surface area (Å²) in [5.74, 6) is 0.554. The zero-order valence-electron chi connectivity index (χ0n) is 11.1. The molecule has 0 aromatic heterocycles. The van der Waals surface area contributed by atoms with Gasteiger partial charge in [0, 0.05) is 14.3 Å². The van der Waals surface area contributed by atoms with Gasteiger partial charge in [0.15, 0.2) is 0 Å². The molecule has 2 rings (SSSR count). The molecule has 19 heavy (non-hydrogen) atoms. The monoisotopic (exact) mass is 336 g/mol. The summed E-state index contributed by atoms with van der Waals surface area (Å²) in [6, 6.07) is 14.6. The summed E-state index contributed by atoms with van der Waals surface area (Å²) in [7, 11) is 0. The van der Waals surface area contributed by atoms with Gasteiger partial charge in [-0.15, -0.1) is 0 Å². The number of aliphatic hydroxyl groups is 1. The van der Waals surface area contributed by atoms with Crippen LogP contribution in [0.2, 0.25) is 0 Å². The Morgan fingerprint density at radius 3 is 2.37 bits per heavy atom. The van der Waals surface area contributed by atoms with Crippen LogP contribution in [0.3, 0.4) is 0 Å². The van der Waals surface area contributed by atoms with Gasteiger partial charge < -0.3 is 5.11 Å². The topological polar surface area (TPSA) is 20.2 Å². The first-order valence-electron chi connectivity index (χ1n) is 6.27. The summed E-state index contributed by atoms with van der Waals surface area (Å²) in [6.45, 7) is 4.46. The summed E-state index contributed by atoms with van der Waals surface area (Å²) < 4.78 is 1.03. The summed E-state index contributed by atoms with van der Waals surface area (Å²) in [4.78, 5) is 2.28. The van der Waals surface area contributed by atoms with Gasteiger partial charge in [-0.05, 0) is 41.3 Å². The number of rotatable bonds is 4. The van der Waals surface area contributed by atoms with Crippen molar-refractivity contribution in [1.29, 1.82) is 0 Å². The molecule has 0 heterocycles. The van der Waals surface area contributed by atoms with E-state index in [-0.39, 0.29) is 6.61 Å². The lowest BCUT2D eigenvalue weighted by atomic mass is 10.0. The molecular formula is C16H17BrOS. The van der Waals surface area contributed by atoms with Gasteiger partial charge in [-0.2, -0.15) is 0 Å². The highest BCUT2D eigenvalue weighted by Crippen LogP contribution is 2.33. The molecular weight excluding hydrogens is 320 g/mol. The van der Waals surface area contributed by atoms with E-state index < -0.39 is 0 Å². The van der Waals surface area contributed by atoms with Crippen LogP contribution in [0.1, 0.15) is 30.9 Å². The summed E-state index contributed by atoms with van der Waals surface area (Å²) in [6.07, 6.45) is 0. The molecule has 2 aromatic carbocycles. The van der Waals surface area contributed by atoms with Crippen molar-refractivity contribution in [2.75, 3.05) is 0 Å². The van der Waals surface area contributed by atoms with E-state index in [2.05, 4.69) is 54.0 Å². The van der Waals surface area contributed by atoms with Crippen LogP contribution in [-0.2, 0) is 6.61 Å². The molecule has 0 atom stereocenters. The van der Waals surface area contributed by atoms with E-state index in [1.165, 1.54) is 10.5 Å². The van der Waals surface area contributed by atoms with Gasteiger partial charge in [0.2, 0.25) is 0 Å². The highest BCUT2D eigenvalue weighted by atomic mass is 79.9. The van der Waals surface area contributed by atoms with Crippen molar-refractivity contribution in [3.63, 3.8) is 0 Å². The second-order valence-electron chi connectivity index (χ2n) is 4.74. The van der Waals surface area contributed by atoms with Gasteiger partial charge in [0.1, 0.15) is 0 Å². The maximum Gasteiger partial charge on any atom is 0.0692 e. The van der Waals surface area contributed by atoms with E-state index in [4.69, 9.17) is 0 Å². The summed E-state index contributed by atoms with van der Waals surface area (Å²) in [5, 5.41) is 9.38. The molecule has 0 amide bonds. The number of hydrogen-bond acceptors (Lipinski definition) is 2. The predicted molar refractivity (Wildman–Crippen MR) is 84.7 cm³/mol. The van der Waals surface area contributed by atoms with Crippen LogP contribution >= 0.6 is 27.7 Å². The van der Waals surface area contributed by atoms with Crippen molar-refractivity contribution >= 4 is 27.7 Å². The van der Waals surface area contributed by atoms with Gasteiger partial charge in [-0.25, -0.2) is 0 Å². The van der Waals surface area contributed by atoms with E-state index in [1.807, 2.05) is 18.2 Å². The van der Waals surface area contributed by atoms with Gasteiger partial charge in [-0.3, -0.25) is 0 Å².